The number of rotatable bonds is 7. The number of nitrogens with zero attached hydrogens (tertiary/aromatic N) is 2. The summed E-state index contributed by atoms with van der Waals surface area (Å²) in [7, 11) is -3.64. The molecule has 1 fully saturated rings. The van der Waals surface area contributed by atoms with E-state index in [-0.39, 0.29) is 10.7 Å². The second kappa shape index (κ2) is 8.72. The lowest BCUT2D eigenvalue weighted by Gasteiger charge is -2.24. The predicted molar refractivity (Wildman–Crippen MR) is 122 cm³/mol. The molecular weight excluding hydrogens is 414 g/mol. The first kappa shape index (κ1) is 21.4. The van der Waals surface area contributed by atoms with E-state index in [1.165, 1.54) is 4.31 Å². The molecule has 7 nitrogen and oxygen atoms in total. The number of furan rings is 1. The van der Waals surface area contributed by atoms with E-state index >= 15 is 0 Å². The Morgan fingerprint density at radius 3 is 2.45 bits per heavy atom. The minimum atomic E-state index is -3.64. The van der Waals surface area contributed by atoms with Crippen molar-refractivity contribution in [2.75, 3.05) is 36.4 Å². The second-order valence-electron chi connectivity index (χ2n) is 7.57. The van der Waals surface area contributed by atoms with Gasteiger partial charge in [0.2, 0.25) is 10.0 Å². The van der Waals surface area contributed by atoms with Crippen molar-refractivity contribution in [1.82, 2.24) is 4.31 Å². The molecule has 1 saturated heterocycles. The summed E-state index contributed by atoms with van der Waals surface area (Å²) in [4.78, 5) is 15.3. The highest BCUT2D eigenvalue weighted by Crippen LogP contribution is 2.33. The van der Waals surface area contributed by atoms with Gasteiger partial charge in [-0.15, -0.1) is 0 Å². The zero-order valence-electron chi connectivity index (χ0n) is 17.8. The molecule has 31 heavy (non-hydrogen) atoms. The Morgan fingerprint density at radius 2 is 1.77 bits per heavy atom. The third-order valence-electron chi connectivity index (χ3n) is 5.66. The second-order valence-corrected chi connectivity index (χ2v) is 9.50. The number of hydrogen-bond acceptors (Lipinski definition) is 5. The van der Waals surface area contributed by atoms with E-state index in [1.54, 1.807) is 30.3 Å². The molecular formula is C23H27N3O4S. The van der Waals surface area contributed by atoms with Crippen molar-refractivity contribution in [2.45, 2.75) is 31.6 Å². The lowest BCUT2D eigenvalue weighted by atomic mass is 10.2. The lowest BCUT2D eigenvalue weighted by Crippen LogP contribution is -2.31. The predicted octanol–water partition coefficient (Wildman–Crippen LogP) is 4.32. The van der Waals surface area contributed by atoms with Gasteiger partial charge in [0.05, 0.1) is 16.3 Å². The van der Waals surface area contributed by atoms with Crippen molar-refractivity contribution >= 4 is 38.3 Å². The van der Waals surface area contributed by atoms with Crippen LogP contribution in [0.4, 0.5) is 11.4 Å². The Bertz CT molecular complexity index is 1160. The summed E-state index contributed by atoms with van der Waals surface area (Å²) in [6.07, 6.45) is 2.13. The number of hydrogen-bond donors (Lipinski definition) is 1. The van der Waals surface area contributed by atoms with Crippen LogP contribution in [0.2, 0.25) is 0 Å². The summed E-state index contributed by atoms with van der Waals surface area (Å²) in [5.74, 6) is -0.223. The average molecular weight is 442 g/mol. The van der Waals surface area contributed by atoms with Gasteiger partial charge in [0.15, 0.2) is 5.76 Å². The molecule has 0 bridgehead atoms. The molecule has 0 atom stereocenters. The van der Waals surface area contributed by atoms with Crippen molar-refractivity contribution in [3.05, 3.63) is 54.3 Å². The summed E-state index contributed by atoms with van der Waals surface area (Å²) >= 11 is 0. The number of carbonyl (C=O) groups is 1. The molecule has 1 aromatic heterocycles. The van der Waals surface area contributed by atoms with Gasteiger partial charge in [0.25, 0.3) is 5.91 Å². The van der Waals surface area contributed by atoms with E-state index in [4.69, 9.17) is 4.42 Å². The number of fused-ring (bicyclic) bond motifs is 1. The van der Waals surface area contributed by atoms with Crippen LogP contribution in [0.25, 0.3) is 11.0 Å². The Morgan fingerprint density at radius 1 is 1.06 bits per heavy atom. The number of carbonyl (C=O) groups excluding carboxylic acids is 1. The van der Waals surface area contributed by atoms with Crippen molar-refractivity contribution < 1.29 is 17.6 Å². The molecule has 4 rings (SSSR count). The number of amides is 1. The lowest BCUT2D eigenvalue weighted by molar-refractivity contribution is 0.0998. The first-order valence-corrected chi connectivity index (χ1v) is 12.1. The van der Waals surface area contributed by atoms with Crippen LogP contribution in [-0.2, 0) is 10.0 Å². The molecule has 2 heterocycles. The van der Waals surface area contributed by atoms with Crippen LogP contribution in [0, 0.1) is 0 Å². The van der Waals surface area contributed by atoms with Crippen LogP contribution in [0.5, 0.6) is 0 Å². The SMILES string of the molecule is CCN(CC)S(=O)(=O)c1ccc(N2CCCC2)c(NC(=O)c2cc3ccccc3o2)c1. The normalized spacial score (nSPS) is 14.5. The molecule has 1 aliphatic rings. The third-order valence-corrected chi connectivity index (χ3v) is 7.70. The van der Waals surface area contributed by atoms with Crippen LogP contribution in [0.1, 0.15) is 37.2 Å². The summed E-state index contributed by atoms with van der Waals surface area (Å²) in [5.41, 5.74) is 1.92. The maximum Gasteiger partial charge on any atom is 0.291 e. The smallest absolute Gasteiger partial charge is 0.291 e. The Kier molecular flexibility index (Phi) is 6.02. The Labute approximate surface area is 182 Å². The number of anilines is 2. The summed E-state index contributed by atoms with van der Waals surface area (Å²) < 4.78 is 33.2. The minimum Gasteiger partial charge on any atom is -0.451 e. The maximum atomic E-state index is 13.0. The fourth-order valence-corrected chi connectivity index (χ4v) is 5.48. The van der Waals surface area contributed by atoms with Gasteiger partial charge in [-0.25, -0.2) is 8.42 Å². The van der Waals surface area contributed by atoms with Gasteiger partial charge >= 0.3 is 0 Å². The standard InChI is InChI=1S/C23H27N3O4S/c1-3-26(4-2)31(28,29)18-11-12-20(25-13-7-8-14-25)19(16-18)24-23(27)22-15-17-9-5-6-10-21(17)30-22/h5-6,9-12,15-16H,3-4,7-8,13-14H2,1-2H3,(H,24,27). The fourth-order valence-electron chi connectivity index (χ4n) is 4.00. The highest BCUT2D eigenvalue weighted by Gasteiger charge is 2.25. The van der Waals surface area contributed by atoms with Gasteiger partial charge < -0.3 is 14.6 Å². The van der Waals surface area contributed by atoms with Crippen molar-refractivity contribution in [3.8, 4) is 0 Å². The maximum absolute atomic E-state index is 13.0. The summed E-state index contributed by atoms with van der Waals surface area (Å²) in [6, 6.07) is 14.1. The zero-order chi connectivity index (χ0) is 22.0. The zero-order valence-corrected chi connectivity index (χ0v) is 18.6. The number of benzene rings is 2. The van der Waals surface area contributed by atoms with Crippen LogP contribution in [0.3, 0.4) is 0 Å². The van der Waals surface area contributed by atoms with E-state index in [0.717, 1.165) is 37.0 Å². The third kappa shape index (κ3) is 4.18. The molecule has 0 spiro atoms. The van der Waals surface area contributed by atoms with Crippen LogP contribution in [0.15, 0.2) is 57.8 Å². The van der Waals surface area contributed by atoms with E-state index in [9.17, 15) is 13.2 Å². The monoisotopic (exact) mass is 441 g/mol. The number of sulfonamides is 1. The summed E-state index contributed by atoms with van der Waals surface area (Å²) in [5, 5.41) is 3.73. The molecule has 1 amide bonds. The van der Waals surface area contributed by atoms with Gasteiger partial charge in [-0.2, -0.15) is 4.31 Å². The topological polar surface area (TPSA) is 82.9 Å². The molecule has 0 saturated carbocycles. The quantitative estimate of drug-likeness (QED) is 0.591. The molecule has 3 aromatic rings. The first-order chi connectivity index (χ1) is 14.9. The molecule has 8 heteroatoms. The van der Waals surface area contributed by atoms with Gasteiger partial charge in [0.1, 0.15) is 5.58 Å². The van der Waals surface area contributed by atoms with Gasteiger partial charge in [0, 0.05) is 31.6 Å². The van der Waals surface area contributed by atoms with E-state index in [1.807, 2.05) is 32.0 Å². The number of nitrogens with one attached hydrogen (secondary N) is 1. The van der Waals surface area contributed by atoms with Gasteiger partial charge in [-0.3, -0.25) is 4.79 Å². The molecule has 0 aliphatic carbocycles. The fraction of sp³-hybridized carbons (Fsp3) is 0.348. The molecule has 1 aliphatic heterocycles. The molecule has 0 unspecified atom stereocenters. The van der Waals surface area contributed by atoms with Crippen LogP contribution >= 0.6 is 0 Å². The molecule has 164 valence electrons. The number of para-hydroxylation sites is 1. The van der Waals surface area contributed by atoms with Gasteiger partial charge in [-0.1, -0.05) is 32.0 Å². The Balaban J connectivity index is 1.71. The molecule has 1 N–H and O–H groups in total. The molecule has 0 radical (unpaired) electrons. The van der Waals surface area contributed by atoms with Crippen molar-refractivity contribution in [2.24, 2.45) is 0 Å². The first-order valence-electron chi connectivity index (χ1n) is 10.6. The highest BCUT2D eigenvalue weighted by molar-refractivity contribution is 7.89. The van der Waals surface area contributed by atoms with E-state index < -0.39 is 15.9 Å². The van der Waals surface area contributed by atoms with Crippen molar-refractivity contribution in [3.63, 3.8) is 0 Å². The van der Waals surface area contributed by atoms with E-state index in [2.05, 4.69) is 10.2 Å². The van der Waals surface area contributed by atoms with Crippen LogP contribution in [-0.4, -0.2) is 44.8 Å². The van der Waals surface area contributed by atoms with Crippen molar-refractivity contribution in [1.29, 1.82) is 0 Å². The van der Waals surface area contributed by atoms with Crippen LogP contribution < -0.4 is 10.2 Å². The summed E-state index contributed by atoms with van der Waals surface area (Å²) in [6.45, 7) is 6.12. The minimum absolute atomic E-state index is 0.166. The van der Waals surface area contributed by atoms with Gasteiger partial charge in [-0.05, 0) is 43.2 Å². The highest BCUT2D eigenvalue weighted by atomic mass is 32.2. The van der Waals surface area contributed by atoms with E-state index in [0.29, 0.717) is 24.4 Å². The largest absolute Gasteiger partial charge is 0.451 e. The Hall–Kier alpha value is -2.84. The average Bonchev–Trinajstić information content (AvgIpc) is 3.44. The molecule has 2 aromatic carbocycles.